The molecule has 0 unspecified atom stereocenters. The van der Waals surface area contributed by atoms with Gasteiger partial charge in [-0.3, -0.25) is 4.79 Å². The number of rotatable bonds is 5. The van der Waals surface area contributed by atoms with Crippen LogP contribution in [-0.2, 0) is 26.2 Å². The standard InChI is InChI=1S/C25H20ClNO6S/c26-18-8-10-19(11-9-18)34(30,31)27-13-3-6-21(27)25(29)32-15-17-14-23(28)33-22-12-7-16-4-1-2-5-20(16)24(17)22/h1-2,4-5,7-12,14,21H,3,6,13,15H2/t21-/m0/s1. The number of carbonyl (C=O) groups is 1. The molecule has 7 nitrogen and oxygen atoms in total. The van der Waals surface area contributed by atoms with E-state index in [2.05, 4.69) is 0 Å². The van der Waals surface area contributed by atoms with Gasteiger partial charge >= 0.3 is 11.6 Å². The Bertz CT molecular complexity index is 1560. The average Bonchev–Trinajstić information content (AvgIpc) is 3.33. The van der Waals surface area contributed by atoms with Crippen molar-refractivity contribution in [3.63, 3.8) is 0 Å². The molecule has 9 heteroatoms. The first-order valence-corrected chi connectivity index (χ1v) is 12.5. The van der Waals surface area contributed by atoms with Crippen LogP contribution in [0.2, 0.25) is 5.02 Å². The van der Waals surface area contributed by atoms with Crippen LogP contribution in [0.4, 0.5) is 0 Å². The van der Waals surface area contributed by atoms with Crippen LogP contribution in [-0.4, -0.2) is 31.3 Å². The summed E-state index contributed by atoms with van der Waals surface area (Å²) in [7, 11) is -3.89. The minimum Gasteiger partial charge on any atom is -0.460 e. The van der Waals surface area contributed by atoms with Crippen LogP contribution in [0.3, 0.4) is 0 Å². The summed E-state index contributed by atoms with van der Waals surface area (Å²) in [6.45, 7) is 0.0352. The van der Waals surface area contributed by atoms with Gasteiger partial charge in [0.1, 0.15) is 18.2 Å². The zero-order valence-electron chi connectivity index (χ0n) is 17.9. The Labute approximate surface area is 200 Å². The minimum absolute atomic E-state index is 0.0646. The summed E-state index contributed by atoms with van der Waals surface area (Å²) in [5, 5.41) is 2.92. The van der Waals surface area contributed by atoms with Crippen molar-refractivity contribution in [2.45, 2.75) is 30.4 Å². The molecule has 0 saturated carbocycles. The quantitative estimate of drug-likeness (QED) is 0.229. The molecule has 1 saturated heterocycles. The van der Waals surface area contributed by atoms with Crippen molar-refractivity contribution in [1.82, 2.24) is 4.31 Å². The highest BCUT2D eigenvalue weighted by Gasteiger charge is 2.40. The molecule has 0 spiro atoms. The van der Waals surface area contributed by atoms with Gasteiger partial charge in [-0.05, 0) is 53.9 Å². The number of hydrogen-bond donors (Lipinski definition) is 0. The first-order valence-electron chi connectivity index (χ1n) is 10.7. The van der Waals surface area contributed by atoms with E-state index in [9.17, 15) is 18.0 Å². The Kier molecular flexibility index (Phi) is 5.89. The second-order valence-corrected chi connectivity index (χ2v) is 10.4. The third-order valence-corrected chi connectivity index (χ3v) is 8.15. The number of ether oxygens (including phenoxy) is 1. The molecule has 1 aromatic heterocycles. The van der Waals surface area contributed by atoms with Crippen LogP contribution >= 0.6 is 11.6 Å². The SMILES string of the molecule is O=C(OCc1cc(=O)oc2ccc3ccccc3c12)[C@@H]1CCCN1S(=O)(=O)c1ccc(Cl)cc1. The van der Waals surface area contributed by atoms with E-state index in [1.165, 1.54) is 34.6 Å². The van der Waals surface area contributed by atoms with Crippen LogP contribution in [0.25, 0.3) is 21.7 Å². The van der Waals surface area contributed by atoms with Crippen LogP contribution in [0.15, 0.2) is 80.8 Å². The lowest BCUT2D eigenvalue weighted by Crippen LogP contribution is -2.41. The highest BCUT2D eigenvalue weighted by molar-refractivity contribution is 7.89. The van der Waals surface area contributed by atoms with E-state index in [1.807, 2.05) is 30.3 Å². The normalized spacial score (nSPS) is 16.8. The highest BCUT2D eigenvalue weighted by atomic mass is 35.5. The third-order valence-electron chi connectivity index (χ3n) is 5.98. The third kappa shape index (κ3) is 4.09. The van der Waals surface area contributed by atoms with Gasteiger partial charge < -0.3 is 9.15 Å². The largest absolute Gasteiger partial charge is 0.460 e. The maximum atomic E-state index is 13.1. The fourth-order valence-electron chi connectivity index (χ4n) is 4.38. The molecule has 0 N–H and O–H groups in total. The molecule has 34 heavy (non-hydrogen) atoms. The molecule has 5 rings (SSSR count). The molecule has 0 aliphatic carbocycles. The van der Waals surface area contributed by atoms with E-state index in [0.717, 1.165) is 10.8 Å². The van der Waals surface area contributed by atoms with E-state index in [4.69, 9.17) is 20.8 Å². The number of esters is 1. The molecule has 1 atom stereocenters. The molecule has 1 aliphatic rings. The van der Waals surface area contributed by atoms with Crippen molar-refractivity contribution >= 4 is 49.3 Å². The number of halogens is 1. The summed E-state index contributed by atoms with van der Waals surface area (Å²) in [5.41, 5.74) is 0.341. The topological polar surface area (TPSA) is 93.9 Å². The summed E-state index contributed by atoms with van der Waals surface area (Å²) in [6, 6.07) is 17.4. The van der Waals surface area contributed by atoms with Gasteiger partial charge in [-0.2, -0.15) is 4.31 Å². The molecule has 0 bridgehead atoms. The van der Waals surface area contributed by atoms with E-state index >= 15 is 0 Å². The Morgan fingerprint density at radius 2 is 1.85 bits per heavy atom. The Hall–Kier alpha value is -3.20. The molecule has 174 valence electrons. The van der Waals surface area contributed by atoms with Gasteiger partial charge in [0.2, 0.25) is 10.0 Å². The van der Waals surface area contributed by atoms with Crippen LogP contribution in [0.5, 0.6) is 0 Å². The number of sulfonamides is 1. The molecule has 0 amide bonds. The first kappa shape index (κ1) is 22.6. The maximum absolute atomic E-state index is 13.1. The Morgan fingerprint density at radius 1 is 1.09 bits per heavy atom. The smallest absolute Gasteiger partial charge is 0.336 e. The lowest BCUT2D eigenvalue weighted by Gasteiger charge is -2.23. The lowest BCUT2D eigenvalue weighted by atomic mass is 10.0. The van der Waals surface area contributed by atoms with Gasteiger partial charge in [0.05, 0.1) is 4.90 Å². The summed E-state index contributed by atoms with van der Waals surface area (Å²) < 4.78 is 38.3. The van der Waals surface area contributed by atoms with Gasteiger partial charge in [-0.1, -0.05) is 41.9 Å². The predicted octanol–water partition coefficient (Wildman–Crippen LogP) is 4.50. The molecular weight excluding hydrogens is 478 g/mol. The Morgan fingerprint density at radius 3 is 2.65 bits per heavy atom. The van der Waals surface area contributed by atoms with E-state index < -0.39 is 27.7 Å². The van der Waals surface area contributed by atoms with Gasteiger partial charge in [0.25, 0.3) is 0 Å². The molecule has 0 radical (unpaired) electrons. The number of fused-ring (bicyclic) bond motifs is 3. The molecule has 2 heterocycles. The fraction of sp³-hybridized carbons (Fsp3) is 0.200. The zero-order valence-corrected chi connectivity index (χ0v) is 19.5. The van der Waals surface area contributed by atoms with Crippen molar-refractivity contribution in [1.29, 1.82) is 0 Å². The number of carbonyl (C=O) groups excluding carboxylic acids is 1. The van der Waals surface area contributed by atoms with E-state index in [-0.39, 0.29) is 18.0 Å². The summed E-state index contributed by atoms with van der Waals surface area (Å²) >= 11 is 5.88. The van der Waals surface area contributed by atoms with Gasteiger partial charge in [-0.15, -0.1) is 0 Å². The van der Waals surface area contributed by atoms with E-state index in [1.54, 1.807) is 6.07 Å². The van der Waals surface area contributed by atoms with Crippen LogP contribution in [0, 0.1) is 0 Å². The lowest BCUT2D eigenvalue weighted by molar-refractivity contribution is -0.148. The molecule has 1 aliphatic heterocycles. The second-order valence-electron chi connectivity index (χ2n) is 8.09. The fourth-order valence-corrected chi connectivity index (χ4v) is 6.16. The highest BCUT2D eigenvalue weighted by Crippen LogP contribution is 2.30. The second kappa shape index (κ2) is 8.87. The predicted molar refractivity (Wildman–Crippen MR) is 128 cm³/mol. The maximum Gasteiger partial charge on any atom is 0.336 e. The van der Waals surface area contributed by atoms with Crippen molar-refractivity contribution in [3.8, 4) is 0 Å². The number of nitrogens with zero attached hydrogens (tertiary/aromatic N) is 1. The first-order chi connectivity index (χ1) is 16.3. The minimum atomic E-state index is -3.89. The summed E-state index contributed by atoms with van der Waals surface area (Å²) in [6.07, 6.45) is 0.890. The van der Waals surface area contributed by atoms with Crippen LogP contribution in [0.1, 0.15) is 18.4 Å². The average molecular weight is 498 g/mol. The van der Waals surface area contributed by atoms with Crippen LogP contribution < -0.4 is 5.63 Å². The van der Waals surface area contributed by atoms with Gasteiger partial charge in [0.15, 0.2) is 0 Å². The Balaban J connectivity index is 1.42. The van der Waals surface area contributed by atoms with Crippen molar-refractivity contribution in [3.05, 3.63) is 87.7 Å². The summed E-state index contributed by atoms with van der Waals surface area (Å²) in [5.74, 6) is -0.656. The zero-order chi connectivity index (χ0) is 23.9. The number of hydrogen-bond acceptors (Lipinski definition) is 6. The molecule has 3 aromatic carbocycles. The monoisotopic (exact) mass is 497 g/mol. The van der Waals surface area contributed by atoms with Gasteiger partial charge in [-0.25, -0.2) is 13.2 Å². The van der Waals surface area contributed by atoms with Gasteiger partial charge in [0, 0.05) is 28.6 Å². The van der Waals surface area contributed by atoms with Crippen molar-refractivity contribution in [2.24, 2.45) is 0 Å². The molecular formula is C25H20ClNO6S. The molecule has 4 aromatic rings. The van der Waals surface area contributed by atoms with Crippen molar-refractivity contribution < 1.29 is 22.4 Å². The van der Waals surface area contributed by atoms with E-state index in [0.29, 0.717) is 34.4 Å². The van der Waals surface area contributed by atoms with Crippen molar-refractivity contribution in [2.75, 3.05) is 6.54 Å². The number of benzene rings is 3. The summed E-state index contributed by atoms with van der Waals surface area (Å²) in [4.78, 5) is 25.2. The molecule has 1 fully saturated rings.